The number of carboxylic acids is 1. The van der Waals surface area contributed by atoms with Crippen molar-refractivity contribution in [2.75, 3.05) is 67.5 Å². The fourth-order valence-electron chi connectivity index (χ4n) is 6.61. The van der Waals surface area contributed by atoms with E-state index in [0.29, 0.717) is 61.2 Å². The molecule has 1 fully saturated rings. The van der Waals surface area contributed by atoms with Gasteiger partial charge in [0.15, 0.2) is 23.0 Å². The lowest BCUT2D eigenvalue weighted by Crippen LogP contribution is -2.45. The number of likely N-dealkylation sites (tertiary alicyclic amines) is 1. The minimum absolute atomic E-state index is 0.0348. The number of carbonyl (C=O) groups excluding carboxylic acids is 1. The van der Waals surface area contributed by atoms with Gasteiger partial charge in [-0.25, -0.2) is 0 Å². The van der Waals surface area contributed by atoms with E-state index in [2.05, 4.69) is 16.7 Å². The van der Waals surface area contributed by atoms with E-state index in [1.54, 1.807) is 7.11 Å². The van der Waals surface area contributed by atoms with E-state index < -0.39 is 11.9 Å². The van der Waals surface area contributed by atoms with Crippen LogP contribution in [0.3, 0.4) is 0 Å². The van der Waals surface area contributed by atoms with E-state index in [4.69, 9.17) is 23.7 Å². The highest BCUT2D eigenvalue weighted by molar-refractivity contribution is 5.79. The smallest absolute Gasteiger partial charge is 0.308 e. The van der Waals surface area contributed by atoms with Gasteiger partial charge in [0.1, 0.15) is 0 Å². The second-order valence-electron chi connectivity index (χ2n) is 12.0. The lowest BCUT2D eigenvalue weighted by molar-refractivity contribution is -0.143. The molecule has 1 N–H and O–H groups in total. The number of fused-ring (bicyclic) bond motifs is 2. The Morgan fingerprint density at radius 2 is 1.75 bits per heavy atom. The van der Waals surface area contributed by atoms with Crippen LogP contribution in [0.2, 0.25) is 0 Å². The van der Waals surface area contributed by atoms with Crippen molar-refractivity contribution in [1.29, 1.82) is 0 Å². The van der Waals surface area contributed by atoms with Gasteiger partial charge in [0, 0.05) is 31.6 Å². The minimum Gasteiger partial charge on any atom is -0.493 e. The Bertz CT molecular complexity index is 1320. The summed E-state index contributed by atoms with van der Waals surface area (Å²) in [7, 11) is 5.62. The number of rotatable bonds is 15. The molecule has 1 saturated heterocycles. The molecular formula is C33H45N3O8. The largest absolute Gasteiger partial charge is 0.493 e. The van der Waals surface area contributed by atoms with E-state index in [1.165, 1.54) is 0 Å². The van der Waals surface area contributed by atoms with Gasteiger partial charge in [0.25, 0.3) is 0 Å². The molecule has 1 amide bonds. The third-order valence-electron chi connectivity index (χ3n) is 8.84. The first kappa shape index (κ1) is 31.7. The van der Waals surface area contributed by atoms with Crippen LogP contribution in [-0.2, 0) is 16.0 Å². The standard InChI is InChI=1S/C33H45N3O8/c1-5-6-14-35(15-8-13-34(2)3)29(37)19-36-18-24(23-16-27(40-4)32-28(17-23)42-21-44-32)30(33(38)39)25(36)12-11-22-9-7-10-26-31(22)43-20-41-26/h7,9-10,16-17,24-25,30H,5-6,8,11-15,18-21H2,1-4H3,(H,38,39)/t24-,25+,30?/m1/s1. The summed E-state index contributed by atoms with van der Waals surface area (Å²) in [5.74, 6) is 0.994. The zero-order chi connectivity index (χ0) is 31.2. The summed E-state index contributed by atoms with van der Waals surface area (Å²) in [6.45, 7) is 5.21. The molecule has 11 heteroatoms. The van der Waals surface area contributed by atoms with E-state index >= 15 is 0 Å². The van der Waals surface area contributed by atoms with Gasteiger partial charge in [-0.2, -0.15) is 0 Å². The van der Waals surface area contributed by atoms with Gasteiger partial charge >= 0.3 is 5.97 Å². The van der Waals surface area contributed by atoms with E-state index in [9.17, 15) is 14.7 Å². The maximum Gasteiger partial charge on any atom is 0.308 e. The number of nitrogens with zero attached hydrogens (tertiary/aromatic N) is 3. The molecule has 0 aliphatic carbocycles. The summed E-state index contributed by atoms with van der Waals surface area (Å²) in [5, 5.41) is 10.7. The maximum absolute atomic E-state index is 13.9. The maximum atomic E-state index is 13.9. The average molecular weight is 612 g/mol. The Morgan fingerprint density at radius 3 is 2.48 bits per heavy atom. The van der Waals surface area contributed by atoms with Crippen LogP contribution in [0.4, 0.5) is 0 Å². The minimum atomic E-state index is -0.890. The van der Waals surface area contributed by atoms with E-state index in [0.717, 1.165) is 36.9 Å². The third kappa shape index (κ3) is 6.99. The SMILES string of the molecule is CCCCN(CCCN(C)C)C(=O)CN1C[C@H](c2cc(OC)c3c(c2)OCO3)C(C(=O)O)[C@@H]1CCc1cccc2c1OCO2. The number of carboxylic acid groups (broad SMARTS) is 1. The van der Waals surface area contributed by atoms with Crippen LogP contribution >= 0.6 is 0 Å². The molecule has 3 heterocycles. The summed E-state index contributed by atoms with van der Waals surface area (Å²) in [4.78, 5) is 33.0. The van der Waals surface area contributed by atoms with Crippen molar-refractivity contribution in [3.63, 3.8) is 0 Å². The van der Waals surface area contributed by atoms with Crippen molar-refractivity contribution in [3.05, 3.63) is 41.5 Å². The molecule has 3 aliphatic heterocycles. The molecule has 3 atom stereocenters. The van der Waals surface area contributed by atoms with Crippen molar-refractivity contribution in [2.45, 2.75) is 51.0 Å². The fourth-order valence-corrected chi connectivity index (χ4v) is 6.61. The van der Waals surface area contributed by atoms with Gasteiger partial charge in [-0.15, -0.1) is 0 Å². The van der Waals surface area contributed by atoms with E-state index in [-0.39, 0.29) is 38.0 Å². The van der Waals surface area contributed by atoms with Crippen LogP contribution in [0.15, 0.2) is 30.3 Å². The lowest BCUT2D eigenvalue weighted by Gasteiger charge is -2.30. The number of hydrogen-bond acceptors (Lipinski definition) is 9. The number of methoxy groups -OCH3 is 1. The number of hydrogen-bond donors (Lipinski definition) is 1. The average Bonchev–Trinajstić information content (AvgIpc) is 3.75. The van der Waals surface area contributed by atoms with Gasteiger partial charge in [0.2, 0.25) is 25.2 Å². The molecule has 0 saturated carbocycles. The number of unbranched alkanes of at least 4 members (excludes halogenated alkanes) is 1. The van der Waals surface area contributed by atoms with Gasteiger partial charge in [0.05, 0.1) is 19.6 Å². The Balaban J connectivity index is 1.43. The first-order valence-electron chi connectivity index (χ1n) is 15.5. The summed E-state index contributed by atoms with van der Waals surface area (Å²) in [5.41, 5.74) is 1.77. The second kappa shape index (κ2) is 14.4. The number of aliphatic carboxylic acids is 1. The fraction of sp³-hybridized carbons (Fsp3) is 0.576. The Kier molecular flexibility index (Phi) is 10.4. The zero-order valence-electron chi connectivity index (χ0n) is 26.3. The first-order chi connectivity index (χ1) is 21.3. The Hall–Kier alpha value is -3.70. The molecule has 5 rings (SSSR count). The van der Waals surface area contributed by atoms with Crippen LogP contribution < -0.4 is 23.7 Å². The molecule has 0 spiro atoms. The second-order valence-corrected chi connectivity index (χ2v) is 12.0. The molecule has 0 aromatic heterocycles. The number of ether oxygens (including phenoxy) is 5. The van der Waals surface area contributed by atoms with Gasteiger partial charge in [-0.3, -0.25) is 14.5 Å². The first-order valence-corrected chi connectivity index (χ1v) is 15.5. The molecule has 3 aliphatic rings. The van der Waals surface area contributed by atoms with Crippen LogP contribution in [0, 0.1) is 5.92 Å². The summed E-state index contributed by atoms with van der Waals surface area (Å²) >= 11 is 0. The Labute approximate surface area is 259 Å². The van der Waals surface area contributed by atoms with Crippen molar-refractivity contribution in [1.82, 2.24) is 14.7 Å². The predicted octanol–water partition coefficient (Wildman–Crippen LogP) is 3.83. The highest BCUT2D eigenvalue weighted by atomic mass is 16.7. The quantitative estimate of drug-likeness (QED) is 0.319. The molecule has 2 aromatic carbocycles. The molecular weight excluding hydrogens is 566 g/mol. The van der Waals surface area contributed by atoms with Crippen molar-refractivity contribution in [3.8, 4) is 28.7 Å². The number of carbonyl (C=O) groups is 2. The van der Waals surface area contributed by atoms with Gasteiger partial charge in [-0.05, 0) is 75.6 Å². The highest BCUT2D eigenvalue weighted by Crippen LogP contribution is 2.47. The predicted molar refractivity (Wildman–Crippen MR) is 164 cm³/mol. The topological polar surface area (TPSA) is 110 Å². The molecule has 0 radical (unpaired) electrons. The van der Waals surface area contributed by atoms with Crippen molar-refractivity contribution < 1.29 is 38.4 Å². The highest BCUT2D eigenvalue weighted by Gasteiger charge is 2.47. The summed E-state index contributed by atoms with van der Waals surface area (Å²) < 4.78 is 28.2. The van der Waals surface area contributed by atoms with Crippen molar-refractivity contribution in [2.24, 2.45) is 5.92 Å². The van der Waals surface area contributed by atoms with Crippen LogP contribution in [0.5, 0.6) is 28.7 Å². The van der Waals surface area contributed by atoms with Gasteiger partial charge in [-0.1, -0.05) is 25.5 Å². The molecule has 0 bridgehead atoms. The van der Waals surface area contributed by atoms with Crippen LogP contribution in [0.1, 0.15) is 49.7 Å². The molecule has 2 aromatic rings. The van der Waals surface area contributed by atoms with E-state index in [1.807, 2.05) is 49.3 Å². The van der Waals surface area contributed by atoms with Gasteiger partial charge < -0.3 is 38.6 Å². The Morgan fingerprint density at radius 1 is 1.00 bits per heavy atom. The summed E-state index contributed by atoms with van der Waals surface area (Å²) in [6, 6.07) is 9.11. The zero-order valence-corrected chi connectivity index (χ0v) is 26.3. The molecule has 240 valence electrons. The lowest BCUT2D eigenvalue weighted by atomic mass is 9.83. The number of para-hydroxylation sites is 1. The van der Waals surface area contributed by atoms with Crippen LogP contribution in [-0.4, -0.2) is 105 Å². The number of amides is 1. The molecule has 1 unspecified atom stereocenters. The monoisotopic (exact) mass is 611 g/mol. The number of aryl methyl sites for hydroxylation is 1. The van der Waals surface area contributed by atoms with Crippen molar-refractivity contribution >= 4 is 11.9 Å². The molecule has 11 nitrogen and oxygen atoms in total. The third-order valence-corrected chi connectivity index (χ3v) is 8.84. The molecule has 44 heavy (non-hydrogen) atoms. The summed E-state index contributed by atoms with van der Waals surface area (Å²) in [6.07, 6.45) is 3.93. The normalized spacial score (nSPS) is 20.3. The van der Waals surface area contributed by atoms with Crippen LogP contribution in [0.25, 0.3) is 0 Å². The number of benzene rings is 2.